The Labute approximate surface area is 83.7 Å². The third-order valence-corrected chi connectivity index (χ3v) is 1.75. The SMILES string of the molecule is CCCNC(=O)NCc1ccc(C)o1. The molecule has 14 heavy (non-hydrogen) atoms. The van der Waals surface area contributed by atoms with Gasteiger partial charge in [-0.2, -0.15) is 0 Å². The van der Waals surface area contributed by atoms with Crippen molar-refractivity contribution in [2.45, 2.75) is 26.8 Å². The van der Waals surface area contributed by atoms with Crippen LogP contribution in [0.2, 0.25) is 0 Å². The molecule has 0 aliphatic carbocycles. The standard InChI is InChI=1S/C10H16N2O2/c1-3-6-11-10(13)12-7-9-5-4-8(2)14-9/h4-5H,3,6-7H2,1-2H3,(H2,11,12,13). The summed E-state index contributed by atoms with van der Waals surface area (Å²) in [5.41, 5.74) is 0. The van der Waals surface area contributed by atoms with Crippen molar-refractivity contribution in [3.63, 3.8) is 0 Å². The number of furan rings is 1. The zero-order valence-electron chi connectivity index (χ0n) is 8.59. The molecule has 0 spiro atoms. The van der Waals surface area contributed by atoms with Crippen LogP contribution in [0, 0.1) is 6.92 Å². The Bertz CT molecular complexity index is 294. The van der Waals surface area contributed by atoms with Crippen molar-refractivity contribution in [2.75, 3.05) is 6.54 Å². The van der Waals surface area contributed by atoms with Crippen LogP contribution in [0.15, 0.2) is 16.5 Å². The van der Waals surface area contributed by atoms with E-state index in [4.69, 9.17) is 4.42 Å². The van der Waals surface area contributed by atoms with Gasteiger partial charge in [0.2, 0.25) is 0 Å². The number of urea groups is 1. The zero-order valence-corrected chi connectivity index (χ0v) is 8.59. The molecule has 0 saturated carbocycles. The highest BCUT2D eigenvalue weighted by molar-refractivity contribution is 5.73. The fourth-order valence-corrected chi connectivity index (χ4v) is 1.05. The third kappa shape index (κ3) is 3.51. The highest BCUT2D eigenvalue weighted by Gasteiger charge is 2.01. The van der Waals surface area contributed by atoms with E-state index in [9.17, 15) is 4.79 Å². The minimum Gasteiger partial charge on any atom is -0.465 e. The maximum absolute atomic E-state index is 11.1. The van der Waals surface area contributed by atoms with E-state index in [1.54, 1.807) is 0 Å². The van der Waals surface area contributed by atoms with Gasteiger partial charge >= 0.3 is 6.03 Å². The van der Waals surface area contributed by atoms with Gasteiger partial charge in [-0.1, -0.05) is 6.92 Å². The van der Waals surface area contributed by atoms with E-state index in [2.05, 4.69) is 10.6 Å². The minimum absolute atomic E-state index is 0.152. The Morgan fingerprint density at radius 2 is 2.21 bits per heavy atom. The monoisotopic (exact) mass is 196 g/mol. The smallest absolute Gasteiger partial charge is 0.315 e. The van der Waals surface area contributed by atoms with Crippen LogP contribution in [-0.4, -0.2) is 12.6 Å². The van der Waals surface area contributed by atoms with Crippen molar-refractivity contribution in [3.05, 3.63) is 23.7 Å². The molecule has 1 aromatic heterocycles. The second kappa shape index (κ2) is 5.32. The molecule has 0 unspecified atom stereocenters. The molecule has 0 bridgehead atoms. The van der Waals surface area contributed by atoms with E-state index in [1.165, 1.54) is 0 Å². The second-order valence-corrected chi connectivity index (χ2v) is 3.12. The molecule has 0 radical (unpaired) electrons. The molecule has 0 aliphatic heterocycles. The van der Waals surface area contributed by atoms with Gasteiger partial charge in [0, 0.05) is 6.54 Å². The first kappa shape index (κ1) is 10.6. The Morgan fingerprint density at radius 1 is 1.43 bits per heavy atom. The molecule has 0 aromatic carbocycles. The normalized spacial score (nSPS) is 9.86. The van der Waals surface area contributed by atoms with E-state index >= 15 is 0 Å². The van der Waals surface area contributed by atoms with Crippen molar-refractivity contribution in [1.29, 1.82) is 0 Å². The van der Waals surface area contributed by atoms with Crippen molar-refractivity contribution in [1.82, 2.24) is 10.6 Å². The van der Waals surface area contributed by atoms with Crippen LogP contribution in [-0.2, 0) is 6.54 Å². The summed E-state index contributed by atoms with van der Waals surface area (Å²) in [6, 6.07) is 3.58. The van der Waals surface area contributed by atoms with Gasteiger partial charge in [-0.25, -0.2) is 4.79 Å². The fourth-order valence-electron chi connectivity index (χ4n) is 1.05. The minimum atomic E-state index is -0.152. The Hall–Kier alpha value is -1.45. The molecule has 0 aliphatic rings. The van der Waals surface area contributed by atoms with Crippen LogP contribution in [0.4, 0.5) is 4.79 Å². The molecule has 1 heterocycles. The number of nitrogens with one attached hydrogen (secondary N) is 2. The summed E-state index contributed by atoms with van der Waals surface area (Å²) in [4.78, 5) is 11.1. The van der Waals surface area contributed by atoms with E-state index in [1.807, 2.05) is 26.0 Å². The third-order valence-electron chi connectivity index (χ3n) is 1.75. The first-order valence-electron chi connectivity index (χ1n) is 4.79. The maximum atomic E-state index is 11.1. The van der Waals surface area contributed by atoms with Crippen LogP contribution in [0.1, 0.15) is 24.9 Å². The highest BCUT2D eigenvalue weighted by Crippen LogP contribution is 2.04. The van der Waals surface area contributed by atoms with Crippen LogP contribution < -0.4 is 10.6 Å². The lowest BCUT2D eigenvalue weighted by Gasteiger charge is -2.04. The summed E-state index contributed by atoms with van der Waals surface area (Å²) in [5.74, 6) is 1.63. The van der Waals surface area contributed by atoms with Crippen LogP contribution >= 0.6 is 0 Å². The Morgan fingerprint density at radius 3 is 2.79 bits per heavy atom. The molecule has 0 atom stereocenters. The predicted molar refractivity (Wildman–Crippen MR) is 54.0 cm³/mol. The number of carbonyl (C=O) groups is 1. The molecule has 78 valence electrons. The number of aryl methyl sites for hydroxylation is 1. The lowest BCUT2D eigenvalue weighted by atomic mass is 10.4. The molecule has 2 amide bonds. The summed E-state index contributed by atoms with van der Waals surface area (Å²) in [5, 5.41) is 5.42. The predicted octanol–water partition coefficient (Wildman–Crippen LogP) is 1.80. The van der Waals surface area contributed by atoms with Crippen molar-refractivity contribution >= 4 is 6.03 Å². The van der Waals surface area contributed by atoms with Crippen LogP contribution in [0.5, 0.6) is 0 Å². The van der Waals surface area contributed by atoms with Crippen LogP contribution in [0.25, 0.3) is 0 Å². The molecule has 0 fully saturated rings. The first-order valence-corrected chi connectivity index (χ1v) is 4.79. The van der Waals surface area contributed by atoms with E-state index in [0.29, 0.717) is 13.1 Å². The van der Waals surface area contributed by atoms with Gasteiger partial charge in [-0.3, -0.25) is 0 Å². The molecule has 4 heteroatoms. The second-order valence-electron chi connectivity index (χ2n) is 3.12. The number of rotatable bonds is 4. The summed E-state index contributed by atoms with van der Waals surface area (Å²) in [7, 11) is 0. The lowest BCUT2D eigenvalue weighted by Crippen LogP contribution is -2.35. The average Bonchev–Trinajstić information content (AvgIpc) is 2.58. The van der Waals surface area contributed by atoms with E-state index < -0.39 is 0 Å². The number of amides is 2. The largest absolute Gasteiger partial charge is 0.465 e. The van der Waals surface area contributed by atoms with E-state index in [-0.39, 0.29) is 6.03 Å². The summed E-state index contributed by atoms with van der Waals surface area (Å²) in [6.07, 6.45) is 0.938. The topological polar surface area (TPSA) is 54.3 Å². The van der Waals surface area contributed by atoms with Gasteiger partial charge in [0.1, 0.15) is 11.5 Å². The maximum Gasteiger partial charge on any atom is 0.315 e. The first-order chi connectivity index (χ1) is 6.72. The molecule has 4 nitrogen and oxygen atoms in total. The molecule has 0 saturated heterocycles. The number of carbonyl (C=O) groups excluding carboxylic acids is 1. The van der Waals surface area contributed by atoms with Gasteiger partial charge in [0.25, 0.3) is 0 Å². The molecular weight excluding hydrogens is 180 g/mol. The van der Waals surface area contributed by atoms with Crippen molar-refractivity contribution < 1.29 is 9.21 Å². The molecule has 1 rings (SSSR count). The van der Waals surface area contributed by atoms with Gasteiger partial charge in [0.05, 0.1) is 6.54 Å². The van der Waals surface area contributed by atoms with Crippen molar-refractivity contribution in [2.24, 2.45) is 0 Å². The Kier molecular flexibility index (Phi) is 4.04. The zero-order chi connectivity index (χ0) is 10.4. The van der Waals surface area contributed by atoms with Gasteiger partial charge in [-0.05, 0) is 25.5 Å². The number of hydrogen-bond acceptors (Lipinski definition) is 2. The van der Waals surface area contributed by atoms with Crippen LogP contribution in [0.3, 0.4) is 0 Å². The van der Waals surface area contributed by atoms with E-state index in [0.717, 1.165) is 17.9 Å². The highest BCUT2D eigenvalue weighted by atomic mass is 16.3. The number of hydrogen-bond donors (Lipinski definition) is 2. The fraction of sp³-hybridized carbons (Fsp3) is 0.500. The van der Waals surface area contributed by atoms with Gasteiger partial charge in [0.15, 0.2) is 0 Å². The molecular formula is C10H16N2O2. The van der Waals surface area contributed by atoms with Crippen molar-refractivity contribution in [3.8, 4) is 0 Å². The quantitative estimate of drug-likeness (QED) is 0.771. The lowest BCUT2D eigenvalue weighted by molar-refractivity contribution is 0.239. The summed E-state index contributed by atoms with van der Waals surface area (Å²) < 4.78 is 5.30. The average molecular weight is 196 g/mol. The van der Waals surface area contributed by atoms with Gasteiger partial charge in [-0.15, -0.1) is 0 Å². The Balaban J connectivity index is 2.23. The van der Waals surface area contributed by atoms with Gasteiger partial charge < -0.3 is 15.1 Å². The summed E-state index contributed by atoms with van der Waals surface area (Å²) in [6.45, 7) is 5.02. The molecule has 2 N–H and O–H groups in total. The molecule has 1 aromatic rings. The summed E-state index contributed by atoms with van der Waals surface area (Å²) >= 11 is 0.